The van der Waals surface area contributed by atoms with Gasteiger partial charge in [-0.15, -0.1) is 11.6 Å². The van der Waals surface area contributed by atoms with E-state index >= 15 is 0 Å². The summed E-state index contributed by atoms with van der Waals surface area (Å²) in [7, 11) is 0. The molecule has 32 heavy (non-hydrogen) atoms. The van der Waals surface area contributed by atoms with Crippen molar-refractivity contribution in [3.05, 3.63) is 0 Å². The van der Waals surface area contributed by atoms with Gasteiger partial charge in [0.15, 0.2) is 0 Å². The van der Waals surface area contributed by atoms with Crippen LogP contribution in [0.25, 0.3) is 0 Å². The van der Waals surface area contributed by atoms with Gasteiger partial charge in [0.2, 0.25) is 11.8 Å². The Bertz CT molecular complexity index is 682. The predicted molar refractivity (Wildman–Crippen MR) is 119 cm³/mol. The average Bonchev–Trinajstić information content (AvgIpc) is 2.76. The van der Waals surface area contributed by atoms with Gasteiger partial charge in [-0.3, -0.25) is 9.59 Å². The van der Waals surface area contributed by atoms with Crippen LogP contribution in [0.4, 0.5) is 4.39 Å². The number of carbonyl (C=O) groups excluding carboxylic acids is 2. The molecule has 0 aromatic carbocycles. The highest BCUT2D eigenvalue weighted by Crippen LogP contribution is 2.47. The Hall–Kier alpha value is -0.960. The van der Waals surface area contributed by atoms with Crippen molar-refractivity contribution in [2.24, 2.45) is 5.92 Å². The minimum absolute atomic E-state index is 0.0284. The molecule has 0 spiro atoms. The number of carbonyl (C=O) groups is 2. The highest BCUT2D eigenvalue weighted by atomic mass is 35.5. The SMILES string of the molecule is O=C(COC1CCC(Cl)C(F)C1)NC12CCC(NC(=O)CC3CCNCC3)(CC1)C(O)C2. The molecule has 4 N–H and O–H groups in total. The number of rotatable bonds is 7. The van der Waals surface area contributed by atoms with E-state index in [0.717, 1.165) is 25.9 Å². The lowest BCUT2D eigenvalue weighted by Crippen LogP contribution is -2.70. The minimum Gasteiger partial charge on any atom is -0.391 e. The number of piperidine rings is 1. The molecular formula is C23H37ClFN3O4. The first-order valence-electron chi connectivity index (χ1n) is 12.2. The highest BCUT2D eigenvalue weighted by molar-refractivity contribution is 6.21. The van der Waals surface area contributed by atoms with Gasteiger partial charge in [0.05, 0.1) is 23.1 Å². The molecule has 1 aliphatic heterocycles. The summed E-state index contributed by atoms with van der Waals surface area (Å²) in [6, 6.07) is 0. The van der Waals surface area contributed by atoms with E-state index in [1.165, 1.54) is 0 Å². The van der Waals surface area contributed by atoms with E-state index in [2.05, 4.69) is 16.0 Å². The third-order valence-corrected chi connectivity index (χ3v) is 8.63. The molecule has 5 rings (SSSR count). The number of hydrogen-bond acceptors (Lipinski definition) is 5. The maximum atomic E-state index is 13.8. The first-order chi connectivity index (χ1) is 15.3. The van der Waals surface area contributed by atoms with Crippen LogP contribution in [0.1, 0.15) is 70.6 Å². The van der Waals surface area contributed by atoms with E-state index in [-0.39, 0.29) is 30.9 Å². The van der Waals surface area contributed by atoms with E-state index in [0.29, 0.717) is 57.3 Å². The standard InChI is InChI=1S/C23H37ClFN3O4/c24-17-2-1-16(12-18(17)25)32-14-21(31)27-22-5-7-23(8-6-22,19(29)13-22)28-20(30)11-15-3-9-26-10-4-15/h15-19,26,29H,1-14H2,(H,27,31)(H,28,30). The fraction of sp³-hybridized carbons (Fsp3) is 0.913. The van der Waals surface area contributed by atoms with Crippen LogP contribution >= 0.6 is 11.6 Å². The number of aliphatic hydroxyl groups is 1. The Morgan fingerprint density at radius 3 is 2.44 bits per heavy atom. The number of fused-ring (bicyclic) bond motifs is 3. The molecule has 0 aromatic heterocycles. The third-order valence-electron chi connectivity index (χ3n) is 8.14. The van der Waals surface area contributed by atoms with Crippen molar-refractivity contribution < 1.29 is 23.8 Å². The van der Waals surface area contributed by atoms with E-state index < -0.39 is 28.7 Å². The zero-order valence-electron chi connectivity index (χ0n) is 18.7. The second kappa shape index (κ2) is 10.1. The molecule has 2 bridgehead atoms. The lowest BCUT2D eigenvalue weighted by Gasteiger charge is -2.56. The van der Waals surface area contributed by atoms with Gasteiger partial charge in [-0.1, -0.05) is 0 Å². The molecule has 1 saturated heterocycles. The number of nitrogens with one attached hydrogen (secondary N) is 3. The molecule has 5 fully saturated rings. The number of aliphatic hydroxyl groups excluding tert-OH is 1. The lowest BCUT2D eigenvalue weighted by atomic mass is 9.59. The molecule has 5 aliphatic rings. The molecular weight excluding hydrogens is 437 g/mol. The van der Waals surface area contributed by atoms with Crippen molar-refractivity contribution in [2.75, 3.05) is 19.7 Å². The Morgan fingerprint density at radius 2 is 1.78 bits per heavy atom. The van der Waals surface area contributed by atoms with Gasteiger partial charge < -0.3 is 25.8 Å². The summed E-state index contributed by atoms with van der Waals surface area (Å²) in [5.74, 6) is 0.202. The van der Waals surface area contributed by atoms with Crippen LogP contribution in [0.2, 0.25) is 0 Å². The van der Waals surface area contributed by atoms with Gasteiger partial charge in [0.25, 0.3) is 0 Å². The molecule has 2 amide bonds. The molecule has 4 unspecified atom stereocenters. The van der Waals surface area contributed by atoms with Crippen molar-refractivity contribution in [1.29, 1.82) is 0 Å². The second-order valence-electron chi connectivity index (χ2n) is 10.4. The van der Waals surface area contributed by atoms with Crippen LogP contribution < -0.4 is 16.0 Å². The van der Waals surface area contributed by atoms with Gasteiger partial charge in [0.1, 0.15) is 12.8 Å². The number of amides is 2. The highest BCUT2D eigenvalue weighted by Gasteiger charge is 2.55. The van der Waals surface area contributed by atoms with Crippen LogP contribution in [0.3, 0.4) is 0 Å². The maximum Gasteiger partial charge on any atom is 0.246 e. The molecule has 9 heteroatoms. The van der Waals surface area contributed by atoms with Gasteiger partial charge in [-0.25, -0.2) is 4.39 Å². The van der Waals surface area contributed by atoms with Crippen LogP contribution in [0.15, 0.2) is 0 Å². The summed E-state index contributed by atoms with van der Waals surface area (Å²) >= 11 is 5.91. The number of ether oxygens (including phenoxy) is 1. The summed E-state index contributed by atoms with van der Waals surface area (Å²) in [6.07, 6.45) is 5.07. The second-order valence-corrected chi connectivity index (χ2v) is 11.0. The lowest BCUT2D eigenvalue weighted by molar-refractivity contribution is -0.139. The minimum atomic E-state index is -1.10. The number of hydrogen-bond donors (Lipinski definition) is 4. The van der Waals surface area contributed by atoms with Crippen LogP contribution in [0.5, 0.6) is 0 Å². The molecule has 7 nitrogen and oxygen atoms in total. The topological polar surface area (TPSA) is 99.7 Å². The molecule has 4 saturated carbocycles. The van der Waals surface area contributed by atoms with Crippen LogP contribution in [-0.2, 0) is 14.3 Å². The molecule has 1 heterocycles. The smallest absolute Gasteiger partial charge is 0.246 e. The van der Waals surface area contributed by atoms with Crippen LogP contribution in [0, 0.1) is 5.92 Å². The average molecular weight is 474 g/mol. The van der Waals surface area contributed by atoms with Crippen molar-refractivity contribution in [1.82, 2.24) is 16.0 Å². The molecule has 4 atom stereocenters. The molecule has 4 aliphatic carbocycles. The Balaban J connectivity index is 1.24. The summed E-state index contributed by atoms with van der Waals surface area (Å²) in [4.78, 5) is 25.2. The molecule has 0 radical (unpaired) electrons. The summed E-state index contributed by atoms with van der Waals surface area (Å²) < 4.78 is 19.4. The molecule has 0 aromatic rings. The van der Waals surface area contributed by atoms with Crippen molar-refractivity contribution in [3.63, 3.8) is 0 Å². The van der Waals surface area contributed by atoms with Gasteiger partial charge in [0, 0.05) is 18.4 Å². The van der Waals surface area contributed by atoms with Crippen LogP contribution in [-0.4, -0.2) is 71.5 Å². The van der Waals surface area contributed by atoms with E-state index in [4.69, 9.17) is 16.3 Å². The van der Waals surface area contributed by atoms with Gasteiger partial charge in [-0.2, -0.15) is 0 Å². The fourth-order valence-electron chi connectivity index (χ4n) is 6.06. The van der Waals surface area contributed by atoms with Crippen molar-refractivity contribution >= 4 is 23.4 Å². The zero-order chi connectivity index (χ0) is 22.8. The van der Waals surface area contributed by atoms with Gasteiger partial charge in [-0.05, 0) is 76.8 Å². The Morgan fingerprint density at radius 1 is 1.06 bits per heavy atom. The number of halogens is 2. The van der Waals surface area contributed by atoms with E-state index in [9.17, 15) is 19.1 Å². The zero-order valence-corrected chi connectivity index (χ0v) is 19.5. The fourth-order valence-corrected chi connectivity index (χ4v) is 6.29. The monoisotopic (exact) mass is 473 g/mol. The van der Waals surface area contributed by atoms with E-state index in [1.807, 2.05) is 0 Å². The quantitative estimate of drug-likeness (QED) is 0.423. The first kappa shape index (κ1) is 24.2. The van der Waals surface area contributed by atoms with Crippen molar-refractivity contribution in [2.45, 2.75) is 105 Å². The van der Waals surface area contributed by atoms with Crippen molar-refractivity contribution in [3.8, 4) is 0 Å². The normalized spacial score (nSPS) is 40.1. The maximum absolute atomic E-state index is 13.8. The first-order valence-corrected chi connectivity index (χ1v) is 12.6. The summed E-state index contributed by atoms with van der Waals surface area (Å²) in [5.41, 5.74) is -1.04. The van der Waals surface area contributed by atoms with E-state index in [1.54, 1.807) is 0 Å². The number of alkyl halides is 2. The van der Waals surface area contributed by atoms with Gasteiger partial charge >= 0.3 is 0 Å². The third kappa shape index (κ3) is 5.57. The summed E-state index contributed by atoms with van der Waals surface area (Å²) in [6.45, 7) is 1.81. The molecule has 182 valence electrons. The Kier molecular flexibility index (Phi) is 7.64. The summed E-state index contributed by atoms with van der Waals surface area (Å²) in [5, 5.41) is 20.0. The Labute approximate surface area is 194 Å². The largest absolute Gasteiger partial charge is 0.391 e. The predicted octanol–water partition coefficient (Wildman–Crippen LogP) is 1.94.